The van der Waals surface area contributed by atoms with E-state index in [2.05, 4.69) is 45.1 Å². The third kappa shape index (κ3) is 3.17. The lowest BCUT2D eigenvalue weighted by Crippen LogP contribution is -2.30. The maximum absolute atomic E-state index is 4.24. The van der Waals surface area contributed by atoms with Crippen LogP contribution >= 0.6 is 15.9 Å². The second-order valence-electron chi connectivity index (χ2n) is 5.31. The summed E-state index contributed by atoms with van der Waals surface area (Å²) in [6, 6.07) is 0.536. The van der Waals surface area contributed by atoms with Crippen LogP contribution in [0.4, 0.5) is 5.95 Å². The summed E-state index contributed by atoms with van der Waals surface area (Å²) in [4.78, 5) is 8.48. The van der Waals surface area contributed by atoms with Gasteiger partial charge in [0.25, 0.3) is 0 Å². The fourth-order valence-corrected chi connectivity index (χ4v) is 2.32. The number of hydrogen-bond acceptors (Lipinski definition) is 3. The Bertz CT molecular complexity index is 338. The Labute approximate surface area is 105 Å². The minimum absolute atomic E-state index is 0.513. The molecule has 0 radical (unpaired) electrons. The molecular formula is C12H18BrN3. The van der Waals surface area contributed by atoms with Crippen LogP contribution in [0.1, 0.15) is 39.5 Å². The molecule has 1 aliphatic rings. The number of hydrogen-bond donors (Lipinski definition) is 1. The molecule has 0 spiro atoms. The lowest BCUT2D eigenvalue weighted by molar-refractivity contribution is 0.232. The van der Waals surface area contributed by atoms with Crippen LogP contribution in [0.5, 0.6) is 0 Å². The molecule has 0 amide bonds. The van der Waals surface area contributed by atoms with Gasteiger partial charge in [-0.05, 0) is 47.0 Å². The highest BCUT2D eigenvalue weighted by Gasteiger charge is 2.26. The van der Waals surface area contributed by atoms with E-state index >= 15 is 0 Å². The first kappa shape index (κ1) is 11.8. The van der Waals surface area contributed by atoms with E-state index in [-0.39, 0.29) is 0 Å². The Hall–Kier alpha value is -0.640. The fraction of sp³-hybridized carbons (Fsp3) is 0.667. The summed E-state index contributed by atoms with van der Waals surface area (Å²) in [5.74, 6) is 0.743. The van der Waals surface area contributed by atoms with Crippen molar-refractivity contribution >= 4 is 21.9 Å². The zero-order valence-electron chi connectivity index (χ0n) is 9.83. The Morgan fingerprint density at radius 3 is 2.38 bits per heavy atom. The van der Waals surface area contributed by atoms with Crippen molar-refractivity contribution in [3.8, 4) is 0 Å². The molecule has 1 saturated carbocycles. The molecule has 0 aliphatic heterocycles. The highest BCUT2D eigenvalue weighted by atomic mass is 79.9. The molecule has 16 heavy (non-hydrogen) atoms. The van der Waals surface area contributed by atoms with Gasteiger partial charge in [0.05, 0.1) is 4.47 Å². The lowest BCUT2D eigenvalue weighted by Gasteiger charge is -2.34. The summed E-state index contributed by atoms with van der Waals surface area (Å²) >= 11 is 3.33. The molecule has 1 aliphatic carbocycles. The van der Waals surface area contributed by atoms with Crippen LogP contribution in [0, 0.1) is 5.41 Å². The highest BCUT2D eigenvalue weighted by Crippen LogP contribution is 2.35. The minimum atomic E-state index is 0.513. The average molecular weight is 284 g/mol. The van der Waals surface area contributed by atoms with Gasteiger partial charge in [-0.25, -0.2) is 9.97 Å². The molecule has 88 valence electrons. The summed E-state index contributed by atoms with van der Waals surface area (Å²) in [6.07, 6.45) is 8.55. The van der Waals surface area contributed by atoms with Crippen molar-refractivity contribution < 1.29 is 0 Å². The summed E-state index contributed by atoms with van der Waals surface area (Å²) in [6.45, 7) is 4.69. The van der Waals surface area contributed by atoms with Gasteiger partial charge < -0.3 is 5.32 Å². The van der Waals surface area contributed by atoms with Crippen molar-refractivity contribution in [3.63, 3.8) is 0 Å². The smallest absolute Gasteiger partial charge is 0.222 e. The maximum Gasteiger partial charge on any atom is 0.222 e. The number of anilines is 1. The van der Waals surface area contributed by atoms with Gasteiger partial charge in [-0.1, -0.05) is 13.8 Å². The summed E-state index contributed by atoms with van der Waals surface area (Å²) < 4.78 is 0.919. The van der Waals surface area contributed by atoms with Gasteiger partial charge in [0.15, 0.2) is 0 Å². The van der Waals surface area contributed by atoms with Crippen LogP contribution in [0.2, 0.25) is 0 Å². The molecule has 1 heterocycles. The van der Waals surface area contributed by atoms with Crippen LogP contribution in [0.3, 0.4) is 0 Å². The molecule has 1 N–H and O–H groups in total. The van der Waals surface area contributed by atoms with E-state index in [1.54, 1.807) is 12.4 Å². The van der Waals surface area contributed by atoms with E-state index in [1.807, 2.05) is 0 Å². The standard InChI is InChI=1S/C12H18BrN3/c1-12(2)5-3-10(4-6-12)16-11-14-7-9(13)8-15-11/h7-8,10H,3-6H2,1-2H3,(H,14,15,16). The fourth-order valence-electron chi connectivity index (χ4n) is 2.11. The molecule has 3 nitrogen and oxygen atoms in total. The normalized spacial score (nSPS) is 20.7. The molecule has 1 aromatic heterocycles. The van der Waals surface area contributed by atoms with Gasteiger partial charge in [0, 0.05) is 18.4 Å². The SMILES string of the molecule is CC1(C)CCC(Nc2ncc(Br)cn2)CC1. The van der Waals surface area contributed by atoms with Crippen molar-refractivity contribution in [1.82, 2.24) is 9.97 Å². The molecule has 2 rings (SSSR count). The number of aromatic nitrogens is 2. The largest absolute Gasteiger partial charge is 0.351 e. The minimum Gasteiger partial charge on any atom is -0.351 e. The molecule has 4 heteroatoms. The predicted octanol–water partition coefficient (Wildman–Crippen LogP) is 3.62. The quantitative estimate of drug-likeness (QED) is 0.901. The Morgan fingerprint density at radius 1 is 1.25 bits per heavy atom. The topological polar surface area (TPSA) is 37.8 Å². The molecular weight excluding hydrogens is 266 g/mol. The van der Waals surface area contributed by atoms with Crippen LogP contribution in [0.15, 0.2) is 16.9 Å². The molecule has 0 aromatic carbocycles. The Balaban J connectivity index is 1.89. The van der Waals surface area contributed by atoms with E-state index < -0.39 is 0 Å². The molecule has 0 saturated heterocycles. The number of rotatable bonds is 2. The van der Waals surface area contributed by atoms with Crippen molar-refractivity contribution in [2.45, 2.75) is 45.6 Å². The molecule has 0 bridgehead atoms. The molecule has 0 atom stereocenters. The molecule has 1 fully saturated rings. The van der Waals surface area contributed by atoms with Gasteiger partial charge in [0.1, 0.15) is 0 Å². The second-order valence-corrected chi connectivity index (χ2v) is 6.22. The van der Waals surface area contributed by atoms with Crippen molar-refractivity contribution in [1.29, 1.82) is 0 Å². The van der Waals surface area contributed by atoms with E-state index in [4.69, 9.17) is 0 Å². The summed E-state index contributed by atoms with van der Waals surface area (Å²) in [5, 5.41) is 3.40. The van der Waals surface area contributed by atoms with Crippen molar-refractivity contribution in [2.24, 2.45) is 5.41 Å². The predicted molar refractivity (Wildman–Crippen MR) is 69.4 cm³/mol. The van der Waals surface area contributed by atoms with Crippen molar-refractivity contribution in [2.75, 3.05) is 5.32 Å². The van der Waals surface area contributed by atoms with Crippen molar-refractivity contribution in [3.05, 3.63) is 16.9 Å². The monoisotopic (exact) mass is 283 g/mol. The number of nitrogens with zero attached hydrogens (tertiary/aromatic N) is 2. The van der Waals surface area contributed by atoms with Gasteiger partial charge >= 0.3 is 0 Å². The van der Waals surface area contributed by atoms with Crippen LogP contribution in [0.25, 0.3) is 0 Å². The summed E-state index contributed by atoms with van der Waals surface area (Å²) in [7, 11) is 0. The van der Waals surface area contributed by atoms with Gasteiger partial charge in [-0.15, -0.1) is 0 Å². The Morgan fingerprint density at radius 2 is 1.81 bits per heavy atom. The molecule has 1 aromatic rings. The van der Waals surface area contributed by atoms with E-state index in [1.165, 1.54) is 25.7 Å². The van der Waals surface area contributed by atoms with E-state index in [0.29, 0.717) is 11.5 Å². The number of nitrogens with one attached hydrogen (secondary N) is 1. The third-order valence-corrected chi connectivity index (χ3v) is 3.70. The maximum atomic E-state index is 4.24. The van der Waals surface area contributed by atoms with Crippen LogP contribution in [-0.2, 0) is 0 Å². The zero-order chi connectivity index (χ0) is 11.6. The van der Waals surface area contributed by atoms with E-state index in [0.717, 1.165) is 10.4 Å². The van der Waals surface area contributed by atoms with Crippen LogP contribution in [-0.4, -0.2) is 16.0 Å². The van der Waals surface area contributed by atoms with Gasteiger partial charge in [-0.2, -0.15) is 0 Å². The third-order valence-electron chi connectivity index (χ3n) is 3.29. The first-order valence-corrected chi connectivity index (χ1v) is 6.59. The average Bonchev–Trinajstić information content (AvgIpc) is 2.24. The van der Waals surface area contributed by atoms with Crippen LogP contribution < -0.4 is 5.32 Å². The Kier molecular flexibility index (Phi) is 3.47. The van der Waals surface area contributed by atoms with Gasteiger partial charge in [0.2, 0.25) is 5.95 Å². The first-order chi connectivity index (χ1) is 7.55. The highest BCUT2D eigenvalue weighted by molar-refractivity contribution is 9.10. The van der Waals surface area contributed by atoms with Gasteiger partial charge in [-0.3, -0.25) is 0 Å². The van der Waals surface area contributed by atoms with E-state index in [9.17, 15) is 0 Å². The second kappa shape index (κ2) is 4.70. The zero-order valence-corrected chi connectivity index (χ0v) is 11.4. The first-order valence-electron chi connectivity index (χ1n) is 5.79. The number of halogens is 1. The summed E-state index contributed by atoms with van der Waals surface area (Å²) in [5.41, 5.74) is 0.513. The molecule has 0 unspecified atom stereocenters. The lowest BCUT2D eigenvalue weighted by atomic mass is 9.76.